The molecule has 2 aliphatic rings. The van der Waals surface area contributed by atoms with E-state index in [1.807, 2.05) is 43.3 Å². The summed E-state index contributed by atoms with van der Waals surface area (Å²) in [7, 11) is 0. The number of carbonyl (C=O) groups is 1. The predicted octanol–water partition coefficient (Wildman–Crippen LogP) is 2.57. The summed E-state index contributed by atoms with van der Waals surface area (Å²) >= 11 is 0. The Kier molecular flexibility index (Phi) is 5.16. The van der Waals surface area contributed by atoms with Crippen molar-refractivity contribution in [2.75, 3.05) is 13.2 Å². The third-order valence-corrected chi connectivity index (χ3v) is 4.89. The lowest BCUT2D eigenvalue weighted by atomic mass is 10.1. The molecular weight excluding hydrogens is 342 g/mol. The molecule has 2 aromatic rings. The SMILES string of the molecule is C[C@@H](NC(=O)Cc1cc2c(cn1)C(OCC1CCO1)=NC2)c1ccccc1. The van der Waals surface area contributed by atoms with Crippen LogP contribution >= 0.6 is 0 Å². The minimum atomic E-state index is -0.0451. The molecule has 6 nitrogen and oxygen atoms in total. The van der Waals surface area contributed by atoms with Gasteiger partial charge in [-0.15, -0.1) is 0 Å². The van der Waals surface area contributed by atoms with Crippen molar-refractivity contribution in [3.63, 3.8) is 0 Å². The fourth-order valence-corrected chi connectivity index (χ4v) is 3.20. The lowest BCUT2D eigenvalue weighted by Gasteiger charge is -2.26. The molecular formula is C21H23N3O3. The van der Waals surface area contributed by atoms with Gasteiger partial charge in [-0.3, -0.25) is 9.78 Å². The Labute approximate surface area is 158 Å². The van der Waals surface area contributed by atoms with Gasteiger partial charge in [0.05, 0.1) is 36.4 Å². The molecule has 4 rings (SSSR count). The molecule has 1 aromatic heterocycles. The van der Waals surface area contributed by atoms with Gasteiger partial charge in [0.15, 0.2) is 0 Å². The number of benzene rings is 1. The lowest BCUT2D eigenvalue weighted by Crippen LogP contribution is -2.32. The van der Waals surface area contributed by atoms with Crippen LogP contribution in [0.3, 0.4) is 0 Å². The zero-order valence-electron chi connectivity index (χ0n) is 15.4. The van der Waals surface area contributed by atoms with E-state index in [2.05, 4.69) is 15.3 Å². The van der Waals surface area contributed by atoms with Crippen LogP contribution in [-0.2, 0) is 27.2 Å². The number of fused-ring (bicyclic) bond motifs is 1. The normalized spacial score (nSPS) is 18.9. The Bertz CT molecular complexity index is 847. The van der Waals surface area contributed by atoms with Gasteiger partial charge in [-0.1, -0.05) is 30.3 Å². The number of nitrogens with one attached hydrogen (secondary N) is 1. The average molecular weight is 365 g/mol. The summed E-state index contributed by atoms with van der Waals surface area (Å²) in [5, 5.41) is 3.02. The first-order valence-electron chi connectivity index (χ1n) is 9.30. The summed E-state index contributed by atoms with van der Waals surface area (Å²) in [6.45, 7) is 3.88. The first kappa shape index (κ1) is 17.7. The topological polar surface area (TPSA) is 72.8 Å². The maximum Gasteiger partial charge on any atom is 0.226 e. The maximum atomic E-state index is 12.4. The van der Waals surface area contributed by atoms with Crippen LogP contribution in [0.2, 0.25) is 0 Å². The van der Waals surface area contributed by atoms with E-state index in [-0.39, 0.29) is 24.5 Å². The van der Waals surface area contributed by atoms with E-state index in [1.54, 1.807) is 6.20 Å². The Morgan fingerprint density at radius 1 is 1.37 bits per heavy atom. The van der Waals surface area contributed by atoms with Crippen molar-refractivity contribution < 1.29 is 14.3 Å². The van der Waals surface area contributed by atoms with Crippen molar-refractivity contribution in [3.05, 3.63) is 65.0 Å². The number of hydrogen-bond acceptors (Lipinski definition) is 5. The van der Waals surface area contributed by atoms with Crippen molar-refractivity contribution >= 4 is 11.8 Å². The van der Waals surface area contributed by atoms with E-state index in [4.69, 9.17) is 9.47 Å². The molecule has 0 radical (unpaired) electrons. The van der Waals surface area contributed by atoms with Crippen LogP contribution in [0.4, 0.5) is 0 Å². The highest BCUT2D eigenvalue weighted by Crippen LogP contribution is 2.21. The Morgan fingerprint density at radius 3 is 2.93 bits per heavy atom. The standard InChI is InChI=1S/C21H23N3O3/c1-14(15-5-3-2-4-6-15)24-20(25)10-17-9-16-11-23-21(19(16)12-22-17)27-13-18-7-8-26-18/h2-6,9,12,14,18H,7-8,10-11,13H2,1H3,(H,24,25)/t14-,18?/m1/s1. The number of carbonyl (C=O) groups excluding carboxylic acids is 1. The summed E-state index contributed by atoms with van der Waals surface area (Å²) < 4.78 is 11.1. The van der Waals surface area contributed by atoms with E-state index in [9.17, 15) is 4.79 Å². The second-order valence-corrected chi connectivity index (χ2v) is 6.92. The summed E-state index contributed by atoms with van der Waals surface area (Å²) in [6, 6.07) is 11.8. The summed E-state index contributed by atoms with van der Waals surface area (Å²) in [5.41, 5.74) is 3.79. The van der Waals surface area contributed by atoms with Gasteiger partial charge < -0.3 is 14.8 Å². The molecule has 0 spiro atoms. The van der Waals surface area contributed by atoms with Gasteiger partial charge in [-0.25, -0.2) is 4.99 Å². The maximum absolute atomic E-state index is 12.4. The van der Waals surface area contributed by atoms with Gasteiger partial charge in [0.2, 0.25) is 11.8 Å². The molecule has 1 N–H and O–H groups in total. The molecule has 1 fully saturated rings. The number of nitrogens with zero attached hydrogens (tertiary/aromatic N) is 2. The van der Waals surface area contributed by atoms with Crippen LogP contribution < -0.4 is 5.32 Å². The smallest absolute Gasteiger partial charge is 0.226 e. The summed E-state index contributed by atoms with van der Waals surface area (Å²) in [6.07, 6.45) is 3.22. The second-order valence-electron chi connectivity index (χ2n) is 6.92. The number of rotatable bonds is 6. The van der Waals surface area contributed by atoms with Gasteiger partial charge in [0.25, 0.3) is 0 Å². The Balaban J connectivity index is 1.33. The zero-order valence-corrected chi connectivity index (χ0v) is 15.4. The lowest BCUT2D eigenvalue weighted by molar-refractivity contribution is -0.121. The van der Waals surface area contributed by atoms with Gasteiger partial charge in [-0.05, 0) is 24.1 Å². The molecule has 0 saturated carbocycles. The molecule has 1 amide bonds. The highest BCUT2D eigenvalue weighted by atomic mass is 16.5. The van der Waals surface area contributed by atoms with Gasteiger partial charge in [-0.2, -0.15) is 0 Å². The van der Waals surface area contributed by atoms with Gasteiger partial charge in [0, 0.05) is 19.2 Å². The molecule has 1 saturated heterocycles. The number of hydrogen-bond donors (Lipinski definition) is 1. The van der Waals surface area contributed by atoms with Crippen LogP contribution in [0.1, 0.15) is 41.8 Å². The molecule has 0 aliphatic carbocycles. The van der Waals surface area contributed by atoms with Crippen molar-refractivity contribution in [3.8, 4) is 0 Å². The Morgan fingerprint density at radius 2 is 2.19 bits per heavy atom. The van der Waals surface area contributed by atoms with Crippen LogP contribution in [0.5, 0.6) is 0 Å². The highest BCUT2D eigenvalue weighted by Gasteiger charge is 2.23. The summed E-state index contributed by atoms with van der Waals surface area (Å²) in [5.74, 6) is 0.582. The molecule has 1 aromatic carbocycles. The number of amides is 1. The van der Waals surface area contributed by atoms with E-state index in [0.29, 0.717) is 19.0 Å². The number of pyridine rings is 1. The minimum absolute atomic E-state index is 0.0369. The first-order valence-corrected chi connectivity index (χ1v) is 9.30. The molecule has 2 atom stereocenters. The molecule has 140 valence electrons. The largest absolute Gasteiger partial charge is 0.475 e. The monoisotopic (exact) mass is 365 g/mol. The fourth-order valence-electron chi connectivity index (χ4n) is 3.20. The minimum Gasteiger partial charge on any atom is -0.475 e. The Hall–Kier alpha value is -2.73. The quantitative estimate of drug-likeness (QED) is 0.854. The zero-order chi connectivity index (χ0) is 18.6. The van der Waals surface area contributed by atoms with E-state index < -0.39 is 0 Å². The van der Waals surface area contributed by atoms with Crippen molar-refractivity contribution in [1.82, 2.24) is 10.3 Å². The predicted molar refractivity (Wildman–Crippen MR) is 101 cm³/mol. The van der Waals surface area contributed by atoms with Crippen LogP contribution in [-0.4, -0.2) is 36.1 Å². The van der Waals surface area contributed by atoms with Crippen LogP contribution in [0.15, 0.2) is 47.6 Å². The average Bonchev–Trinajstić information content (AvgIpc) is 3.03. The molecule has 27 heavy (non-hydrogen) atoms. The molecule has 6 heteroatoms. The van der Waals surface area contributed by atoms with Crippen molar-refractivity contribution in [1.29, 1.82) is 0 Å². The van der Waals surface area contributed by atoms with E-state index >= 15 is 0 Å². The third-order valence-electron chi connectivity index (χ3n) is 4.89. The van der Waals surface area contributed by atoms with Crippen LogP contribution in [0, 0.1) is 0 Å². The van der Waals surface area contributed by atoms with E-state index in [1.165, 1.54) is 0 Å². The first-order chi connectivity index (χ1) is 13.2. The third kappa shape index (κ3) is 4.17. The molecule has 1 unspecified atom stereocenters. The second kappa shape index (κ2) is 7.88. The van der Waals surface area contributed by atoms with Gasteiger partial charge in [0.1, 0.15) is 6.61 Å². The molecule has 0 bridgehead atoms. The van der Waals surface area contributed by atoms with Crippen molar-refractivity contribution in [2.45, 2.75) is 38.5 Å². The highest BCUT2D eigenvalue weighted by molar-refractivity contribution is 5.97. The molecule has 2 aliphatic heterocycles. The molecule has 3 heterocycles. The van der Waals surface area contributed by atoms with Crippen molar-refractivity contribution in [2.24, 2.45) is 4.99 Å². The summed E-state index contributed by atoms with van der Waals surface area (Å²) in [4.78, 5) is 21.2. The fraction of sp³-hybridized carbons (Fsp3) is 0.381. The number of aromatic nitrogens is 1. The number of aliphatic imine (C=N–C) groups is 1. The number of ether oxygens (including phenoxy) is 2. The van der Waals surface area contributed by atoms with Gasteiger partial charge >= 0.3 is 0 Å². The van der Waals surface area contributed by atoms with E-state index in [0.717, 1.165) is 35.4 Å². The van der Waals surface area contributed by atoms with Crippen LogP contribution in [0.25, 0.3) is 0 Å².